The van der Waals surface area contributed by atoms with Crippen LogP contribution in [-0.4, -0.2) is 24.3 Å². The molecule has 3 N–H and O–H groups in total. The van der Waals surface area contributed by atoms with Gasteiger partial charge in [0.2, 0.25) is 0 Å². The first-order chi connectivity index (χ1) is 11.3. The first kappa shape index (κ1) is 17.9. The number of aryl methyl sites for hydroxylation is 2. The molecule has 6 heteroatoms. The summed E-state index contributed by atoms with van der Waals surface area (Å²) in [5.74, 6) is 1.88. The van der Waals surface area contributed by atoms with Crippen LogP contribution in [0.1, 0.15) is 30.9 Å². The molecular formula is C18H24N2O4. The molecule has 0 aliphatic heterocycles. The summed E-state index contributed by atoms with van der Waals surface area (Å²) in [5, 5.41) is 15.8. The van der Waals surface area contributed by atoms with Crippen LogP contribution in [0.2, 0.25) is 0 Å². The summed E-state index contributed by atoms with van der Waals surface area (Å²) in [7, 11) is 0. The Balaban J connectivity index is 1.93. The zero-order valence-corrected chi connectivity index (χ0v) is 14.5. The number of amides is 2. The van der Waals surface area contributed by atoms with Gasteiger partial charge in [0, 0.05) is 5.69 Å². The predicted molar refractivity (Wildman–Crippen MR) is 92.4 cm³/mol. The Morgan fingerprint density at radius 2 is 2.04 bits per heavy atom. The Morgan fingerprint density at radius 1 is 1.29 bits per heavy atom. The molecule has 24 heavy (non-hydrogen) atoms. The van der Waals surface area contributed by atoms with Gasteiger partial charge in [-0.05, 0) is 63.6 Å². The second-order valence-electron chi connectivity index (χ2n) is 5.90. The number of urea groups is 1. The van der Waals surface area contributed by atoms with Crippen molar-refractivity contribution < 1.29 is 19.1 Å². The van der Waals surface area contributed by atoms with Crippen molar-refractivity contribution in [1.82, 2.24) is 5.32 Å². The molecule has 1 heterocycles. The monoisotopic (exact) mass is 332 g/mol. The highest BCUT2D eigenvalue weighted by Gasteiger charge is 2.27. The zero-order chi connectivity index (χ0) is 17.7. The third-order valence-corrected chi connectivity index (χ3v) is 3.62. The standard InChI is InChI=1S/C18H24N2O4/c1-5-23-14-7-8-15(12(2)10-14)20-17(21)19-11-18(4,22)16-9-6-13(3)24-16/h6-10,22H,5,11H2,1-4H3,(H2,19,20,21)/t18-/m0/s1. The van der Waals surface area contributed by atoms with E-state index in [2.05, 4.69) is 10.6 Å². The third kappa shape index (κ3) is 4.52. The van der Waals surface area contributed by atoms with E-state index in [1.165, 1.54) is 0 Å². The fourth-order valence-electron chi connectivity index (χ4n) is 2.26. The molecule has 1 atom stereocenters. The van der Waals surface area contributed by atoms with Crippen molar-refractivity contribution >= 4 is 11.7 Å². The quantitative estimate of drug-likeness (QED) is 0.757. The summed E-state index contributed by atoms with van der Waals surface area (Å²) >= 11 is 0. The lowest BCUT2D eigenvalue weighted by molar-refractivity contribution is 0.0364. The van der Waals surface area contributed by atoms with Crippen molar-refractivity contribution in [1.29, 1.82) is 0 Å². The number of hydrogen-bond donors (Lipinski definition) is 3. The Hall–Kier alpha value is -2.47. The third-order valence-electron chi connectivity index (χ3n) is 3.62. The van der Waals surface area contributed by atoms with Gasteiger partial charge >= 0.3 is 6.03 Å². The molecule has 130 valence electrons. The molecule has 0 bridgehead atoms. The number of hydrogen-bond acceptors (Lipinski definition) is 4. The van der Waals surface area contributed by atoms with Gasteiger partial charge in [-0.3, -0.25) is 0 Å². The van der Waals surface area contributed by atoms with E-state index in [-0.39, 0.29) is 6.54 Å². The van der Waals surface area contributed by atoms with Crippen LogP contribution in [0.3, 0.4) is 0 Å². The molecule has 1 aromatic heterocycles. The Kier molecular flexibility index (Phi) is 5.51. The van der Waals surface area contributed by atoms with Gasteiger partial charge in [0.1, 0.15) is 22.9 Å². The fourth-order valence-corrected chi connectivity index (χ4v) is 2.26. The molecule has 0 aliphatic rings. The maximum absolute atomic E-state index is 12.1. The Labute approximate surface area is 141 Å². The highest BCUT2D eigenvalue weighted by Crippen LogP contribution is 2.23. The highest BCUT2D eigenvalue weighted by molar-refractivity contribution is 5.90. The maximum atomic E-state index is 12.1. The molecule has 0 aliphatic carbocycles. The number of ether oxygens (including phenoxy) is 1. The van der Waals surface area contributed by atoms with E-state index in [9.17, 15) is 9.90 Å². The lowest BCUT2D eigenvalue weighted by Crippen LogP contribution is -2.40. The van der Waals surface area contributed by atoms with Crippen LogP contribution in [-0.2, 0) is 5.60 Å². The van der Waals surface area contributed by atoms with Gasteiger partial charge in [-0.1, -0.05) is 0 Å². The molecular weight excluding hydrogens is 308 g/mol. The van der Waals surface area contributed by atoms with Crippen LogP contribution >= 0.6 is 0 Å². The van der Waals surface area contributed by atoms with Crippen molar-refractivity contribution in [2.75, 3.05) is 18.5 Å². The van der Waals surface area contributed by atoms with E-state index in [1.54, 1.807) is 38.1 Å². The molecule has 2 amide bonds. The van der Waals surface area contributed by atoms with E-state index in [4.69, 9.17) is 9.15 Å². The van der Waals surface area contributed by atoms with Crippen molar-refractivity contribution in [3.63, 3.8) is 0 Å². The molecule has 0 saturated heterocycles. The van der Waals surface area contributed by atoms with Gasteiger partial charge in [-0.2, -0.15) is 0 Å². The number of nitrogens with one attached hydrogen (secondary N) is 2. The van der Waals surface area contributed by atoms with E-state index < -0.39 is 11.6 Å². The van der Waals surface area contributed by atoms with Crippen LogP contribution in [0.5, 0.6) is 5.75 Å². The second-order valence-corrected chi connectivity index (χ2v) is 5.90. The van der Waals surface area contributed by atoms with Crippen LogP contribution in [0.15, 0.2) is 34.7 Å². The number of rotatable bonds is 6. The number of furan rings is 1. The average molecular weight is 332 g/mol. The van der Waals surface area contributed by atoms with Crippen molar-refractivity contribution in [2.24, 2.45) is 0 Å². The Morgan fingerprint density at radius 3 is 2.62 bits per heavy atom. The average Bonchev–Trinajstić information content (AvgIpc) is 2.96. The van der Waals surface area contributed by atoms with Gasteiger partial charge in [0.05, 0.1) is 13.2 Å². The summed E-state index contributed by atoms with van der Waals surface area (Å²) in [6.45, 7) is 7.82. The van der Waals surface area contributed by atoms with Gasteiger partial charge in [0.25, 0.3) is 0 Å². The fraction of sp³-hybridized carbons (Fsp3) is 0.389. The molecule has 1 aromatic carbocycles. The van der Waals surface area contributed by atoms with Crippen LogP contribution < -0.4 is 15.4 Å². The highest BCUT2D eigenvalue weighted by atomic mass is 16.5. The minimum Gasteiger partial charge on any atom is -0.494 e. The molecule has 2 rings (SSSR count). The van der Waals surface area contributed by atoms with Gasteiger partial charge in [0.15, 0.2) is 0 Å². The lowest BCUT2D eigenvalue weighted by Gasteiger charge is -2.21. The molecule has 0 saturated carbocycles. The van der Waals surface area contributed by atoms with Gasteiger partial charge < -0.3 is 24.9 Å². The first-order valence-corrected chi connectivity index (χ1v) is 7.89. The smallest absolute Gasteiger partial charge is 0.319 e. The van der Waals surface area contributed by atoms with E-state index >= 15 is 0 Å². The van der Waals surface area contributed by atoms with E-state index in [0.29, 0.717) is 23.8 Å². The summed E-state index contributed by atoms with van der Waals surface area (Å²) in [6, 6.07) is 8.52. The topological polar surface area (TPSA) is 83.7 Å². The minimum atomic E-state index is -1.28. The predicted octanol–water partition coefficient (Wildman–Crippen LogP) is 3.32. The van der Waals surface area contributed by atoms with Crippen molar-refractivity contribution in [2.45, 2.75) is 33.3 Å². The zero-order valence-electron chi connectivity index (χ0n) is 14.5. The summed E-state index contributed by atoms with van der Waals surface area (Å²) in [6.07, 6.45) is 0. The SMILES string of the molecule is CCOc1ccc(NC(=O)NC[C@](C)(O)c2ccc(C)o2)c(C)c1. The molecule has 0 radical (unpaired) electrons. The van der Waals surface area contributed by atoms with Crippen molar-refractivity contribution in [3.05, 3.63) is 47.4 Å². The maximum Gasteiger partial charge on any atom is 0.319 e. The van der Waals surface area contributed by atoms with E-state index in [0.717, 1.165) is 11.3 Å². The lowest BCUT2D eigenvalue weighted by atomic mass is 10.0. The molecule has 2 aromatic rings. The van der Waals surface area contributed by atoms with Crippen LogP contribution in [0.25, 0.3) is 0 Å². The summed E-state index contributed by atoms with van der Waals surface area (Å²) in [5.41, 5.74) is 0.299. The molecule has 0 fully saturated rings. The van der Waals surface area contributed by atoms with Crippen LogP contribution in [0.4, 0.5) is 10.5 Å². The number of anilines is 1. The molecule has 0 spiro atoms. The number of benzene rings is 1. The van der Waals surface area contributed by atoms with E-state index in [1.807, 2.05) is 19.9 Å². The van der Waals surface area contributed by atoms with Crippen LogP contribution in [0, 0.1) is 13.8 Å². The Bertz CT molecular complexity index is 707. The largest absolute Gasteiger partial charge is 0.494 e. The first-order valence-electron chi connectivity index (χ1n) is 7.89. The summed E-state index contributed by atoms with van der Waals surface area (Å²) in [4.78, 5) is 12.1. The molecule has 0 unspecified atom stereocenters. The molecule has 6 nitrogen and oxygen atoms in total. The normalized spacial score (nSPS) is 13.2. The summed E-state index contributed by atoms with van der Waals surface area (Å²) < 4.78 is 10.8. The van der Waals surface area contributed by atoms with Gasteiger partial charge in [-0.15, -0.1) is 0 Å². The number of carbonyl (C=O) groups is 1. The van der Waals surface area contributed by atoms with Gasteiger partial charge in [-0.25, -0.2) is 4.79 Å². The number of carbonyl (C=O) groups excluding carboxylic acids is 1. The minimum absolute atomic E-state index is 0.0296. The number of aliphatic hydroxyl groups is 1. The second kappa shape index (κ2) is 7.40. The van der Waals surface area contributed by atoms with Crippen molar-refractivity contribution in [3.8, 4) is 5.75 Å².